The first kappa shape index (κ1) is 15.7. The molecule has 0 spiro atoms. The van der Waals surface area contributed by atoms with Gasteiger partial charge in [0.05, 0.1) is 0 Å². The topological polar surface area (TPSA) is 12.0 Å². The average molecular weight is 257 g/mol. The molecule has 1 aliphatic rings. The van der Waals surface area contributed by atoms with Crippen LogP contribution in [-0.4, -0.2) is 12.6 Å². The van der Waals surface area contributed by atoms with Crippen molar-refractivity contribution in [1.29, 1.82) is 0 Å². The molecule has 1 aliphatic carbocycles. The van der Waals surface area contributed by atoms with Crippen LogP contribution in [0, 0.1) is 0 Å². The quantitative estimate of drug-likeness (QED) is 0.621. The summed E-state index contributed by atoms with van der Waals surface area (Å²) in [5.41, 5.74) is 2.88. The zero-order chi connectivity index (χ0) is 13.9. The van der Waals surface area contributed by atoms with Crippen molar-refractivity contribution in [2.75, 3.05) is 6.54 Å². The molecule has 1 rings (SSSR count). The van der Waals surface area contributed by atoms with Gasteiger partial charge in [0.1, 0.15) is 0 Å². The largest absolute Gasteiger partial charge is 0.310 e. The van der Waals surface area contributed by atoms with Gasteiger partial charge in [-0.05, 0) is 37.0 Å². The predicted octanol–water partition coefficient (Wildman–Crippen LogP) is 4.71. The molecule has 1 heteroatoms. The first-order valence-corrected chi connectivity index (χ1v) is 7.41. The maximum atomic E-state index is 3.89. The highest BCUT2D eigenvalue weighted by atomic mass is 14.9. The summed E-state index contributed by atoms with van der Waals surface area (Å²) >= 11 is 0. The van der Waals surface area contributed by atoms with Crippen LogP contribution in [0.3, 0.4) is 0 Å². The van der Waals surface area contributed by atoms with Gasteiger partial charge >= 0.3 is 0 Å². The third-order valence-electron chi connectivity index (χ3n) is 3.41. The van der Waals surface area contributed by atoms with Gasteiger partial charge in [0, 0.05) is 6.04 Å². The molecule has 0 heterocycles. The van der Waals surface area contributed by atoms with Crippen LogP contribution in [0.1, 0.15) is 39.5 Å². The standard InChI is InChI=1S/C18H27N/c1-4-11-18(6-3)19-15-14-17-13-10-8-7-9-12-16(17)5-2/h6-10,12-13,18-19H,3-5,11,14-15H2,1-2H3/b8-7-,9-7?,10-8?,12-9-,13-10?,16-12?,17-13?,17-16?. The highest BCUT2D eigenvalue weighted by Gasteiger charge is 2.04. The number of hydrogen-bond acceptors (Lipinski definition) is 1. The van der Waals surface area contributed by atoms with E-state index in [1.165, 1.54) is 24.0 Å². The number of allylic oxidation sites excluding steroid dienone is 7. The van der Waals surface area contributed by atoms with Gasteiger partial charge in [0.25, 0.3) is 0 Å². The maximum Gasteiger partial charge on any atom is 0.0247 e. The van der Waals surface area contributed by atoms with E-state index in [0.717, 1.165) is 19.4 Å². The molecule has 0 bridgehead atoms. The van der Waals surface area contributed by atoms with Crippen molar-refractivity contribution in [1.82, 2.24) is 5.32 Å². The van der Waals surface area contributed by atoms with Crippen LogP contribution in [0.2, 0.25) is 0 Å². The molecule has 0 saturated carbocycles. The summed E-state index contributed by atoms with van der Waals surface area (Å²) in [5.74, 6) is 0. The minimum atomic E-state index is 0.448. The zero-order valence-electron chi connectivity index (χ0n) is 12.4. The lowest BCUT2D eigenvalue weighted by atomic mass is 10.00. The Kier molecular flexibility index (Phi) is 7.92. The Morgan fingerprint density at radius 2 is 1.79 bits per heavy atom. The van der Waals surface area contributed by atoms with Crippen molar-refractivity contribution in [3.05, 3.63) is 60.3 Å². The second-order valence-corrected chi connectivity index (χ2v) is 4.84. The van der Waals surface area contributed by atoms with Crippen molar-refractivity contribution in [2.45, 2.75) is 45.6 Å². The molecule has 1 atom stereocenters. The molecule has 1 N–H and O–H groups in total. The number of rotatable bonds is 8. The molecule has 19 heavy (non-hydrogen) atoms. The summed E-state index contributed by atoms with van der Waals surface area (Å²) in [6, 6.07) is 0.448. The highest BCUT2D eigenvalue weighted by Crippen LogP contribution is 2.17. The molecule has 0 saturated heterocycles. The van der Waals surface area contributed by atoms with Gasteiger partial charge in [-0.25, -0.2) is 0 Å². The van der Waals surface area contributed by atoms with E-state index < -0.39 is 0 Å². The minimum absolute atomic E-state index is 0.448. The summed E-state index contributed by atoms with van der Waals surface area (Å²) in [7, 11) is 0. The Morgan fingerprint density at radius 3 is 2.37 bits per heavy atom. The number of nitrogens with one attached hydrogen (secondary N) is 1. The van der Waals surface area contributed by atoms with Crippen LogP contribution < -0.4 is 5.32 Å². The lowest BCUT2D eigenvalue weighted by Crippen LogP contribution is -2.27. The third-order valence-corrected chi connectivity index (χ3v) is 3.41. The third kappa shape index (κ3) is 5.89. The summed E-state index contributed by atoms with van der Waals surface area (Å²) in [4.78, 5) is 0. The molecular formula is C18H27N. The second-order valence-electron chi connectivity index (χ2n) is 4.84. The van der Waals surface area contributed by atoms with Crippen LogP contribution in [0.4, 0.5) is 0 Å². The highest BCUT2D eigenvalue weighted by molar-refractivity contribution is 5.38. The Hall–Kier alpha value is -1.34. The Balaban J connectivity index is 2.55. The molecule has 0 aromatic heterocycles. The van der Waals surface area contributed by atoms with E-state index >= 15 is 0 Å². The summed E-state index contributed by atoms with van der Waals surface area (Å²) in [5, 5.41) is 3.57. The Morgan fingerprint density at radius 1 is 1.11 bits per heavy atom. The maximum absolute atomic E-state index is 3.89. The molecule has 1 unspecified atom stereocenters. The summed E-state index contributed by atoms with van der Waals surface area (Å²) in [6.07, 6.45) is 19.4. The summed E-state index contributed by atoms with van der Waals surface area (Å²) in [6.45, 7) is 9.34. The molecule has 0 amide bonds. The van der Waals surface area contributed by atoms with E-state index in [-0.39, 0.29) is 0 Å². The van der Waals surface area contributed by atoms with Crippen molar-refractivity contribution in [3.8, 4) is 0 Å². The van der Waals surface area contributed by atoms with Gasteiger partial charge in [-0.3, -0.25) is 0 Å². The fraction of sp³-hybridized carbons (Fsp3) is 0.444. The van der Waals surface area contributed by atoms with Crippen LogP contribution in [-0.2, 0) is 0 Å². The Labute approximate surface area is 118 Å². The fourth-order valence-electron chi connectivity index (χ4n) is 2.28. The van der Waals surface area contributed by atoms with E-state index in [0.29, 0.717) is 6.04 Å². The SMILES string of the molecule is C=CC(CCC)NCCC1=C(CC)/C=C\C=C/C=C1. The van der Waals surface area contributed by atoms with Crippen LogP contribution in [0.25, 0.3) is 0 Å². The first-order valence-electron chi connectivity index (χ1n) is 7.41. The minimum Gasteiger partial charge on any atom is -0.310 e. The van der Waals surface area contributed by atoms with E-state index in [1.807, 2.05) is 6.08 Å². The lowest BCUT2D eigenvalue weighted by molar-refractivity contribution is 0.552. The second kappa shape index (κ2) is 9.57. The summed E-state index contributed by atoms with van der Waals surface area (Å²) < 4.78 is 0. The van der Waals surface area contributed by atoms with Crippen LogP contribution in [0.15, 0.2) is 60.3 Å². The molecular weight excluding hydrogens is 230 g/mol. The monoisotopic (exact) mass is 257 g/mol. The van der Waals surface area contributed by atoms with Crippen molar-refractivity contribution >= 4 is 0 Å². The molecule has 104 valence electrons. The van der Waals surface area contributed by atoms with Crippen LogP contribution in [0.5, 0.6) is 0 Å². The Bertz CT molecular complexity index is 382. The fourth-order valence-corrected chi connectivity index (χ4v) is 2.28. The molecule has 0 fully saturated rings. The van der Waals surface area contributed by atoms with Gasteiger partial charge in [-0.2, -0.15) is 0 Å². The zero-order valence-corrected chi connectivity index (χ0v) is 12.4. The van der Waals surface area contributed by atoms with Gasteiger partial charge in [0.15, 0.2) is 0 Å². The normalized spacial score (nSPS) is 19.7. The predicted molar refractivity (Wildman–Crippen MR) is 86.2 cm³/mol. The average Bonchev–Trinajstić information content (AvgIpc) is 2.40. The van der Waals surface area contributed by atoms with Crippen molar-refractivity contribution < 1.29 is 0 Å². The van der Waals surface area contributed by atoms with E-state index in [1.54, 1.807) is 0 Å². The van der Waals surface area contributed by atoms with E-state index in [2.05, 4.69) is 62.2 Å². The smallest absolute Gasteiger partial charge is 0.0247 e. The van der Waals surface area contributed by atoms with E-state index in [9.17, 15) is 0 Å². The molecule has 0 aromatic rings. The van der Waals surface area contributed by atoms with Crippen molar-refractivity contribution in [3.63, 3.8) is 0 Å². The van der Waals surface area contributed by atoms with Crippen molar-refractivity contribution in [2.24, 2.45) is 0 Å². The molecule has 0 aliphatic heterocycles. The first-order chi connectivity index (χ1) is 9.31. The van der Waals surface area contributed by atoms with Crippen LogP contribution >= 0.6 is 0 Å². The van der Waals surface area contributed by atoms with E-state index in [4.69, 9.17) is 0 Å². The lowest BCUT2D eigenvalue weighted by Gasteiger charge is -2.15. The number of hydrogen-bond donors (Lipinski definition) is 1. The molecule has 0 aromatic carbocycles. The van der Waals surface area contributed by atoms with Gasteiger partial charge in [0.2, 0.25) is 0 Å². The molecule has 1 nitrogen and oxygen atoms in total. The van der Waals surface area contributed by atoms with Gasteiger partial charge < -0.3 is 5.32 Å². The van der Waals surface area contributed by atoms with Gasteiger partial charge in [-0.15, -0.1) is 6.58 Å². The molecule has 0 radical (unpaired) electrons. The van der Waals surface area contributed by atoms with Gasteiger partial charge in [-0.1, -0.05) is 62.8 Å².